The van der Waals surface area contributed by atoms with E-state index in [4.69, 9.17) is 14.2 Å². The Morgan fingerprint density at radius 1 is 0.931 bits per heavy atom. The van der Waals surface area contributed by atoms with Crippen molar-refractivity contribution in [3.8, 4) is 11.5 Å². The molecule has 2 aromatic carbocycles. The highest BCUT2D eigenvalue weighted by molar-refractivity contribution is 14.0. The standard InChI is InChI=1S/C22H31N3O3.HI/c1-5-12-28-16-19-9-7-6-8-18(19)15-25-22(23-2)24-14-17-10-11-20(26-3)21(13-17)27-4;/h6-11,13H,5,12,14-16H2,1-4H3,(H2,23,24,25);1H. The first-order valence-corrected chi connectivity index (χ1v) is 9.51. The second-order valence-corrected chi connectivity index (χ2v) is 6.29. The van der Waals surface area contributed by atoms with Gasteiger partial charge in [-0.15, -0.1) is 24.0 Å². The monoisotopic (exact) mass is 513 g/mol. The number of halogens is 1. The second kappa shape index (κ2) is 14.1. The van der Waals surface area contributed by atoms with Crippen LogP contribution in [0.15, 0.2) is 47.5 Å². The van der Waals surface area contributed by atoms with E-state index in [0.29, 0.717) is 25.4 Å². The first-order valence-electron chi connectivity index (χ1n) is 9.51. The maximum absolute atomic E-state index is 5.69. The van der Waals surface area contributed by atoms with Crippen LogP contribution in [0, 0.1) is 0 Å². The largest absolute Gasteiger partial charge is 0.493 e. The van der Waals surface area contributed by atoms with Crippen molar-refractivity contribution >= 4 is 29.9 Å². The molecular weight excluding hydrogens is 481 g/mol. The molecule has 0 saturated carbocycles. The lowest BCUT2D eigenvalue weighted by Crippen LogP contribution is -2.36. The average molecular weight is 513 g/mol. The van der Waals surface area contributed by atoms with E-state index in [2.05, 4.69) is 34.7 Å². The summed E-state index contributed by atoms with van der Waals surface area (Å²) in [5.74, 6) is 2.17. The van der Waals surface area contributed by atoms with Crippen molar-refractivity contribution in [3.05, 3.63) is 59.2 Å². The van der Waals surface area contributed by atoms with E-state index in [1.807, 2.05) is 30.3 Å². The average Bonchev–Trinajstić information content (AvgIpc) is 2.74. The molecule has 0 radical (unpaired) electrons. The lowest BCUT2D eigenvalue weighted by Gasteiger charge is -2.15. The summed E-state index contributed by atoms with van der Waals surface area (Å²) in [5.41, 5.74) is 3.47. The molecule has 0 heterocycles. The topological polar surface area (TPSA) is 64.1 Å². The van der Waals surface area contributed by atoms with Crippen LogP contribution >= 0.6 is 24.0 Å². The number of ether oxygens (including phenoxy) is 3. The van der Waals surface area contributed by atoms with E-state index in [1.165, 1.54) is 11.1 Å². The van der Waals surface area contributed by atoms with Gasteiger partial charge < -0.3 is 24.8 Å². The van der Waals surface area contributed by atoms with Gasteiger partial charge in [0.05, 0.1) is 20.8 Å². The summed E-state index contributed by atoms with van der Waals surface area (Å²) in [6.45, 7) is 4.82. The summed E-state index contributed by atoms with van der Waals surface area (Å²) in [6, 6.07) is 14.2. The SMILES string of the molecule is CCCOCc1ccccc1CNC(=NC)NCc1ccc(OC)c(OC)c1.I. The Morgan fingerprint density at radius 2 is 1.62 bits per heavy atom. The van der Waals surface area contributed by atoms with Gasteiger partial charge in [-0.25, -0.2) is 0 Å². The first-order chi connectivity index (χ1) is 13.7. The summed E-state index contributed by atoms with van der Waals surface area (Å²) >= 11 is 0. The predicted octanol–water partition coefficient (Wildman–Crippen LogP) is 4.11. The van der Waals surface area contributed by atoms with Gasteiger partial charge in [0.15, 0.2) is 17.5 Å². The third kappa shape index (κ3) is 8.10. The Hall–Kier alpha value is -2.00. The zero-order valence-electron chi connectivity index (χ0n) is 17.7. The molecular formula is C22H32IN3O3. The molecule has 0 aromatic heterocycles. The lowest BCUT2D eigenvalue weighted by atomic mass is 10.1. The third-order valence-corrected chi connectivity index (χ3v) is 4.30. The van der Waals surface area contributed by atoms with E-state index in [0.717, 1.165) is 30.3 Å². The van der Waals surface area contributed by atoms with Gasteiger partial charge in [0.2, 0.25) is 0 Å². The molecule has 0 spiro atoms. The van der Waals surface area contributed by atoms with E-state index < -0.39 is 0 Å². The van der Waals surface area contributed by atoms with Crippen LogP contribution < -0.4 is 20.1 Å². The fourth-order valence-electron chi connectivity index (χ4n) is 2.77. The van der Waals surface area contributed by atoms with Crippen LogP contribution in [0.4, 0.5) is 0 Å². The van der Waals surface area contributed by atoms with Crippen molar-refractivity contribution in [3.63, 3.8) is 0 Å². The smallest absolute Gasteiger partial charge is 0.191 e. The van der Waals surface area contributed by atoms with Gasteiger partial charge in [0.1, 0.15) is 0 Å². The van der Waals surface area contributed by atoms with Crippen molar-refractivity contribution in [1.29, 1.82) is 0 Å². The fraction of sp³-hybridized carbons (Fsp3) is 0.409. The molecule has 6 nitrogen and oxygen atoms in total. The van der Waals surface area contributed by atoms with Gasteiger partial charge in [0.25, 0.3) is 0 Å². The molecule has 0 atom stereocenters. The molecule has 0 fully saturated rings. The molecule has 0 aliphatic heterocycles. The van der Waals surface area contributed by atoms with E-state index >= 15 is 0 Å². The summed E-state index contributed by atoms with van der Waals surface area (Å²) in [7, 11) is 5.03. The molecule has 160 valence electrons. The molecule has 0 aliphatic rings. The minimum absolute atomic E-state index is 0. The number of nitrogens with zero attached hydrogens (tertiary/aromatic N) is 1. The van der Waals surface area contributed by atoms with Gasteiger partial charge in [-0.05, 0) is 35.2 Å². The number of benzene rings is 2. The first kappa shape index (κ1) is 25.0. The molecule has 0 unspecified atom stereocenters. The lowest BCUT2D eigenvalue weighted by molar-refractivity contribution is 0.121. The Bertz CT molecular complexity index is 769. The summed E-state index contributed by atoms with van der Waals surface area (Å²) in [6.07, 6.45) is 1.02. The number of hydrogen-bond donors (Lipinski definition) is 2. The van der Waals surface area contributed by atoms with Gasteiger partial charge >= 0.3 is 0 Å². The van der Waals surface area contributed by atoms with Gasteiger partial charge in [0, 0.05) is 26.7 Å². The molecule has 2 N–H and O–H groups in total. The molecule has 0 saturated heterocycles. The molecule has 2 rings (SSSR count). The van der Waals surface area contributed by atoms with Gasteiger partial charge in [-0.1, -0.05) is 37.3 Å². The number of aliphatic imine (C=N–C) groups is 1. The molecule has 7 heteroatoms. The molecule has 0 aliphatic carbocycles. The van der Waals surface area contributed by atoms with Crippen LogP contribution in [0.3, 0.4) is 0 Å². The second-order valence-electron chi connectivity index (χ2n) is 6.29. The summed E-state index contributed by atoms with van der Waals surface area (Å²) in [4.78, 5) is 4.31. The highest BCUT2D eigenvalue weighted by Crippen LogP contribution is 2.27. The zero-order valence-corrected chi connectivity index (χ0v) is 20.0. The van der Waals surface area contributed by atoms with Crippen LogP contribution in [0.1, 0.15) is 30.0 Å². The number of methoxy groups -OCH3 is 2. The Morgan fingerprint density at radius 3 is 2.28 bits per heavy atom. The van der Waals surface area contributed by atoms with Crippen molar-refractivity contribution in [2.45, 2.75) is 33.0 Å². The minimum atomic E-state index is 0. The Labute approximate surface area is 191 Å². The molecule has 29 heavy (non-hydrogen) atoms. The summed E-state index contributed by atoms with van der Waals surface area (Å²) in [5, 5.41) is 6.69. The summed E-state index contributed by atoms with van der Waals surface area (Å²) < 4.78 is 16.3. The highest BCUT2D eigenvalue weighted by Gasteiger charge is 2.06. The fourth-order valence-corrected chi connectivity index (χ4v) is 2.77. The van der Waals surface area contributed by atoms with Crippen LogP contribution in [0.25, 0.3) is 0 Å². The van der Waals surface area contributed by atoms with Gasteiger partial charge in [-0.2, -0.15) is 0 Å². The van der Waals surface area contributed by atoms with Crippen LogP contribution in [0.5, 0.6) is 11.5 Å². The quantitative estimate of drug-likeness (QED) is 0.217. The van der Waals surface area contributed by atoms with Crippen molar-refractivity contribution in [2.75, 3.05) is 27.9 Å². The number of hydrogen-bond acceptors (Lipinski definition) is 4. The van der Waals surface area contributed by atoms with Crippen molar-refractivity contribution in [2.24, 2.45) is 4.99 Å². The van der Waals surface area contributed by atoms with Gasteiger partial charge in [-0.3, -0.25) is 4.99 Å². The Kier molecular flexibility index (Phi) is 12.1. The van der Waals surface area contributed by atoms with E-state index in [1.54, 1.807) is 21.3 Å². The number of guanidine groups is 1. The number of nitrogens with one attached hydrogen (secondary N) is 2. The molecule has 2 aromatic rings. The number of rotatable bonds is 10. The molecule has 0 amide bonds. The maximum atomic E-state index is 5.69. The van der Waals surface area contributed by atoms with Crippen molar-refractivity contribution < 1.29 is 14.2 Å². The highest BCUT2D eigenvalue weighted by atomic mass is 127. The van der Waals surface area contributed by atoms with E-state index in [9.17, 15) is 0 Å². The van der Waals surface area contributed by atoms with Crippen LogP contribution in [-0.4, -0.2) is 33.8 Å². The predicted molar refractivity (Wildman–Crippen MR) is 128 cm³/mol. The minimum Gasteiger partial charge on any atom is -0.493 e. The van der Waals surface area contributed by atoms with Crippen LogP contribution in [0.2, 0.25) is 0 Å². The van der Waals surface area contributed by atoms with Crippen molar-refractivity contribution in [1.82, 2.24) is 10.6 Å². The Balaban J connectivity index is 0.00000420. The maximum Gasteiger partial charge on any atom is 0.191 e. The van der Waals surface area contributed by atoms with Crippen LogP contribution in [-0.2, 0) is 24.4 Å². The normalized spacial score (nSPS) is 10.8. The zero-order chi connectivity index (χ0) is 20.2. The van der Waals surface area contributed by atoms with E-state index in [-0.39, 0.29) is 24.0 Å². The molecule has 0 bridgehead atoms. The third-order valence-electron chi connectivity index (χ3n) is 4.30.